The molecule has 1 aliphatic heterocycles. The molecular formula is C33H33N5O5. The van der Waals surface area contributed by atoms with Gasteiger partial charge in [0.25, 0.3) is 0 Å². The molecule has 1 aliphatic rings. The van der Waals surface area contributed by atoms with Crippen molar-refractivity contribution in [1.82, 2.24) is 19.7 Å². The van der Waals surface area contributed by atoms with E-state index in [9.17, 15) is 14.7 Å². The summed E-state index contributed by atoms with van der Waals surface area (Å²) < 4.78 is 13.5. The fraction of sp³-hybridized carbons (Fsp3) is 0.273. The smallest absolute Gasteiger partial charge is 0.409 e. The minimum atomic E-state index is -0.919. The van der Waals surface area contributed by atoms with E-state index in [4.69, 9.17) is 20.3 Å². The predicted octanol–water partition coefficient (Wildman–Crippen LogP) is 5.75. The molecule has 1 amide bonds. The zero-order valence-electron chi connectivity index (χ0n) is 24.1. The van der Waals surface area contributed by atoms with Gasteiger partial charge in [0.15, 0.2) is 0 Å². The number of rotatable bonds is 8. The van der Waals surface area contributed by atoms with E-state index in [0.717, 1.165) is 50.5 Å². The Balaban J connectivity index is 1.39. The minimum Gasteiger partial charge on any atom is -0.487 e. The van der Waals surface area contributed by atoms with Crippen LogP contribution in [0.1, 0.15) is 36.2 Å². The molecule has 2 aromatic heterocycles. The monoisotopic (exact) mass is 579 g/mol. The number of nitrogens with two attached hydrogens (primary N) is 1. The molecule has 10 heteroatoms. The Morgan fingerprint density at radius 3 is 2.65 bits per heavy atom. The van der Waals surface area contributed by atoms with E-state index in [-0.39, 0.29) is 25.2 Å². The van der Waals surface area contributed by atoms with Crippen molar-refractivity contribution in [1.29, 1.82) is 0 Å². The molecule has 0 radical (unpaired) electrons. The number of likely N-dealkylation sites (tertiary alicyclic amines) is 1. The van der Waals surface area contributed by atoms with Crippen LogP contribution >= 0.6 is 0 Å². The zero-order valence-corrected chi connectivity index (χ0v) is 24.1. The number of anilines is 1. The summed E-state index contributed by atoms with van der Waals surface area (Å²) in [5.41, 5.74) is 11.3. The molecule has 5 aromatic rings. The molecule has 0 bridgehead atoms. The van der Waals surface area contributed by atoms with Crippen molar-refractivity contribution in [3.63, 3.8) is 0 Å². The van der Waals surface area contributed by atoms with Gasteiger partial charge in [0, 0.05) is 35.6 Å². The molecule has 10 nitrogen and oxygen atoms in total. The van der Waals surface area contributed by atoms with Crippen LogP contribution in [0.4, 0.5) is 10.6 Å². The van der Waals surface area contributed by atoms with Crippen LogP contribution in [-0.4, -0.2) is 56.5 Å². The van der Waals surface area contributed by atoms with Crippen molar-refractivity contribution in [2.45, 2.75) is 39.3 Å². The molecule has 1 fully saturated rings. The minimum absolute atomic E-state index is 0.0282. The number of hydrogen-bond donors (Lipinski definition) is 2. The number of nitrogen functional groups attached to an aromatic ring is 1. The number of pyridine rings is 1. The van der Waals surface area contributed by atoms with Crippen molar-refractivity contribution >= 4 is 39.6 Å². The van der Waals surface area contributed by atoms with Gasteiger partial charge < -0.3 is 25.2 Å². The van der Waals surface area contributed by atoms with Crippen LogP contribution < -0.4 is 10.5 Å². The van der Waals surface area contributed by atoms with E-state index in [1.54, 1.807) is 24.1 Å². The molecule has 3 N–H and O–H groups in total. The van der Waals surface area contributed by atoms with E-state index in [1.165, 1.54) is 0 Å². The number of nitrogens with zero attached hydrogens (tertiary/aromatic N) is 4. The highest BCUT2D eigenvalue weighted by atomic mass is 16.6. The number of carbonyl (C=O) groups is 2. The Morgan fingerprint density at radius 2 is 1.86 bits per heavy atom. The average molecular weight is 580 g/mol. The van der Waals surface area contributed by atoms with E-state index < -0.39 is 5.97 Å². The molecule has 6 rings (SSSR count). The second-order valence-electron chi connectivity index (χ2n) is 10.8. The summed E-state index contributed by atoms with van der Waals surface area (Å²) in [5.74, 6) is 0.0790. The van der Waals surface area contributed by atoms with Gasteiger partial charge in [-0.15, -0.1) is 0 Å². The number of hydrogen-bond acceptors (Lipinski definition) is 7. The van der Waals surface area contributed by atoms with Gasteiger partial charge in [0.1, 0.15) is 23.9 Å². The van der Waals surface area contributed by atoms with Gasteiger partial charge in [-0.1, -0.05) is 30.3 Å². The SMILES string of the molecule is CCOC(=O)N1CC[C@H](n2nc(COc3cccc(C)c3CC(=O)O)c3cc(-c4ccc5ccnc(N)c5c4)ccc32)C1. The zero-order chi connectivity index (χ0) is 30.1. The Kier molecular flexibility index (Phi) is 7.58. The summed E-state index contributed by atoms with van der Waals surface area (Å²) in [7, 11) is 0. The fourth-order valence-corrected chi connectivity index (χ4v) is 5.80. The van der Waals surface area contributed by atoms with Crippen LogP contribution in [0, 0.1) is 6.92 Å². The quantitative estimate of drug-likeness (QED) is 0.237. The van der Waals surface area contributed by atoms with Crippen LogP contribution in [0.3, 0.4) is 0 Å². The highest BCUT2D eigenvalue weighted by molar-refractivity contribution is 5.95. The molecule has 0 aliphatic carbocycles. The number of aromatic nitrogens is 3. The number of fused-ring (bicyclic) bond motifs is 2. The van der Waals surface area contributed by atoms with Gasteiger partial charge in [-0.05, 0) is 72.7 Å². The lowest BCUT2D eigenvalue weighted by Gasteiger charge is -2.16. The van der Waals surface area contributed by atoms with Gasteiger partial charge in [0.05, 0.1) is 24.6 Å². The lowest BCUT2D eigenvalue weighted by Crippen LogP contribution is -2.29. The maximum atomic E-state index is 12.4. The summed E-state index contributed by atoms with van der Waals surface area (Å²) in [4.78, 5) is 29.9. The number of benzene rings is 3. The van der Waals surface area contributed by atoms with Crippen molar-refractivity contribution in [2.75, 3.05) is 25.4 Å². The van der Waals surface area contributed by atoms with Crippen molar-refractivity contribution in [2.24, 2.45) is 0 Å². The third-order valence-corrected chi connectivity index (χ3v) is 8.01. The molecule has 0 spiro atoms. The standard InChI is InChI=1S/C33H33N5O5/c1-3-42-33(41)37-14-12-24(18-37)38-29-10-9-23(22-8-7-21-11-13-35-32(34)26(21)15-22)16-27(29)28(36-38)19-43-30-6-4-5-20(2)25(30)17-31(39)40/h4-11,13,15-16,24H,3,12,14,17-19H2,1-2H3,(H2,34,35)(H,39,40)/t24-/m0/s1. The van der Waals surface area contributed by atoms with Crippen LogP contribution in [0.5, 0.6) is 5.75 Å². The number of carbonyl (C=O) groups excluding carboxylic acids is 1. The van der Waals surface area contributed by atoms with Gasteiger partial charge in [-0.2, -0.15) is 5.10 Å². The lowest BCUT2D eigenvalue weighted by atomic mass is 10.00. The maximum absolute atomic E-state index is 12.4. The Hall–Kier alpha value is -5.12. The second-order valence-corrected chi connectivity index (χ2v) is 10.8. The van der Waals surface area contributed by atoms with Gasteiger partial charge in [-0.25, -0.2) is 9.78 Å². The van der Waals surface area contributed by atoms with Crippen molar-refractivity contribution < 1.29 is 24.2 Å². The number of aliphatic carboxylic acids is 1. The van der Waals surface area contributed by atoms with Crippen molar-refractivity contribution in [3.8, 4) is 16.9 Å². The predicted molar refractivity (Wildman–Crippen MR) is 164 cm³/mol. The Bertz CT molecular complexity index is 1850. The van der Waals surface area contributed by atoms with Gasteiger partial charge in [0.2, 0.25) is 0 Å². The topological polar surface area (TPSA) is 133 Å². The van der Waals surface area contributed by atoms with E-state index in [2.05, 4.69) is 23.2 Å². The van der Waals surface area contributed by atoms with Crippen LogP contribution in [-0.2, 0) is 22.6 Å². The fourth-order valence-electron chi connectivity index (χ4n) is 5.80. The summed E-state index contributed by atoms with van der Waals surface area (Å²) in [6.07, 6.45) is 2.00. The molecule has 43 heavy (non-hydrogen) atoms. The Morgan fingerprint density at radius 1 is 1.07 bits per heavy atom. The summed E-state index contributed by atoms with van der Waals surface area (Å²) in [6.45, 7) is 5.23. The number of amides is 1. The van der Waals surface area contributed by atoms with Crippen LogP contribution in [0.25, 0.3) is 32.8 Å². The number of carboxylic acids is 1. The molecular weight excluding hydrogens is 546 g/mol. The third kappa shape index (κ3) is 5.55. The number of carboxylic acid groups (broad SMARTS) is 1. The summed E-state index contributed by atoms with van der Waals surface area (Å²) in [5, 5.41) is 17.3. The van der Waals surface area contributed by atoms with E-state index in [1.807, 2.05) is 48.0 Å². The highest BCUT2D eigenvalue weighted by Gasteiger charge is 2.30. The first-order valence-corrected chi connectivity index (χ1v) is 14.3. The van der Waals surface area contributed by atoms with E-state index >= 15 is 0 Å². The molecule has 3 aromatic carbocycles. The lowest BCUT2D eigenvalue weighted by molar-refractivity contribution is -0.136. The van der Waals surface area contributed by atoms with Crippen LogP contribution in [0.2, 0.25) is 0 Å². The van der Waals surface area contributed by atoms with Crippen LogP contribution in [0.15, 0.2) is 66.9 Å². The summed E-state index contributed by atoms with van der Waals surface area (Å²) in [6, 6.07) is 19.8. The third-order valence-electron chi connectivity index (χ3n) is 8.01. The molecule has 1 atom stereocenters. The average Bonchev–Trinajstić information content (AvgIpc) is 3.63. The first kappa shape index (κ1) is 28.0. The number of ether oxygens (including phenoxy) is 2. The first-order chi connectivity index (χ1) is 20.8. The first-order valence-electron chi connectivity index (χ1n) is 14.3. The van der Waals surface area contributed by atoms with Crippen molar-refractivity contribution in [3.05, 3.63) is 83.7 Å². The second kappa shape index (κ2) is 11.6. The Labute approximate surface area is 248 Å². The number of aryl methyl sites for hydroxylation is 1. The van der Waals surface area contributed by atoms with E-state index in [0.29, 0.717) is 36.8 Å². The summed E-state index contributed by atoms with van der Waals surface area (Å²) >= 11 is 0. The largest absolute Gasteiger partial charge is 0.487 e. The van der Waals surface area contributed by atoms with Gasteiger partial charge >= 0.3 is 12.1 Å². The normalized spacial score (nSPS) is 14.8. The van der Waals surface area contributed by atoms with Gasteiger partial charge in [-0.3, -0.25) is 9.48 Å². The molecule has 0 saturated carbocycles. The molecule has 3 heterocycles. The highest BCUT2D eigenvalue weighted by Crippen LogP contribution is 2.34. The maximum Gasteiger partial charge on any atom is 0.409 e. The molecule has 1 saturated heterocycles. The molecule has 220 valence electrons. The molecule has 0 unspecified atom stereocenters.